The molecule has 27 heavy (non-hydrogen) atoms. The third-order valence-corrected chi connectivity index (χ3v) is 4.79. The van der Waals surface area contributed by atoms with Crippen molar-refractivity contribution in [3.63, 3.8) is 0 Å². The molecule has 1 saturated heterocycles. The lowest BCUT2D eigenvalue weighted by molar-refractivity contribution is 0.0939. The molecule has 7 heteroatoms. The number of hydrogen-bond acceptors (Lipinski definition) is 6. The van der Waals surface area contributed by atoms with Gasteiger partial charge in [-0.25, -0.2) is 0 Å². The first-order valence-electron chi connectivity index (χ1n) is 8.89. The molecule has 1 unspecified atom stereocenters. The summed E-state index contributed by atoms with van der Waals surface area (Å²) in [6.07, 6.45) is 1.56. The number of nitrogens with zero attached hydrogens (tertiary/aromatic N) is 4. The molecule has 1 aliphatic heterocycles. The van der Waals surface area contributed by atoms with E-state index in [4.69, 9.17) is 4.74 Å². The average Bonchev–Trinajstić information content (AvgIpc) is 3.14. The summed E-state index contributed by atoms with van der Waals surface area (Å²) >= 11 is 0. The Morgan fingerprint density at radius 2 is 2.11 bits per heavy atom. The van der Waals surface area contributed by atoms with E-state index in [1.54, 1.807) is 6.92 Å². The third kappa shape index (κ3) is 3.76. The van der Waals surface area contributed by atoms with Crippen molar-refractivity contribution in [2.24, 2.45) is 10.2 Å². The Morgan fingerprint density at radius 1 is 1.33 bits per heavy atom. The highest BCUT2D eigenvalue weighted by atomic mass is 16.5. The molecule has 0 radical (unpaired) electrons. The molecule has 0 amide bonds. The van der Waals surface area contributed by atoms with Crippen LogP contribution in [0.2, 0.25) is 0 Å². The molecular formula is C20H22N4O3. The maximum atomic E-state index is 12.9. The number of rotatable bonds is 4. The van der Waals surface area contributed by atoms with Crippen LogP contribution in [0.5, 0.6) is 5.88 Å². The topological polar surface area (TPSA) is 100.0 Å². The molecular weight excluding hydrogens is 344 g/mol. The van der Waals surface area contributed by atoms with Crippen LogP contribution >= 0.6 is 0 Å². The number of azo groups is 1. The Morgan fingerprint density at radius 3 is 2.74 bits per heavy atom. The molecule has 2 heterocycles. The van der Waals surface area contributed by atoms with E-state index in [-0.39, 0.29) is 29.8 Å². The van der Waals surface area contributed by atoms with Crippen LogP contribution < -0.4 is 5.56 Å². The van der Waals surface area contributed by atoms with Gasteiger partial charge in [-0.05, 0) is 45.2 Å². The first kappa shape index (κ1) is 18.8. The van der Waals surface area contributed by atoms with Gasteiger partial charge >= 0.3 is 0 Å². The fraction of sp³-hybridized carbons (Fsp3) is 0.400. The highest BCUT2D eigenvalue weighted by Crippen LogP contribution is 2.28. The maximum Gasteiger partial charge on any atom is 0.281 e. The summed E-state index contributed by atoms with van der Waals surface area (Å²) in [5, 5.41) is 28.2. The van der Waals surface area contributed by atoms with Gasteiger partial charge in [0.1, 0.15) is 11.6 Å². The normalized spacial score (nSPS) is 16.7. The molecule has 2 aromatic rings. The van der Waals surface area contributed by atoms with Crippen LogP contribution in [0.15, 0.2) is 33.2 Å². The van der Waals surface area contributed by atoms with Gasteiger partial charge in [-0.1, -0.05) is 17.7 Å². The fourth-order valence-corrected chi connectivity index (χ4v) is 3.24. The van der Waals surface area contributed by atoms with Gasteiger partial charge in [0, 0.05) is 12.2 Å². The van der Waals surface area contributed by atoms with Crippen molar-refractivity contribution in [2.45, 2.75) is 46.3 Å². The van der Waals surface area contributed by atoms with Crippen LogP contribution in [0.1, 0.15) is 35.1 Å². The Kier molecular flexibility index (Phi) is 5.38. The zero-order valence-electron chi connectivity index (χ0n) is 15.7. The second kappa shape index (κ2) is 7.72. The van der Waals surface area contributed by atoms with Gasteiger partial charge in [-0.2, -0.15) is 10.4 Å². The van der Waals surface area contributed by atoms with Crippen LogP contribution in [-0.2, 0) is 11.3 Å². The van der Waals surface area contributed by atoms with Crippen molar-refractivity contribution in [1.29, 1.82) is 5.26 Å². The SMILES string of the molecule is Cc1ccc(N=Nc2c(C)c(C#N)c(O)n(CC3CCCO3)c2=O)c(C)c1. The van der Waals surface area contributed by atoms with Crippen LogP contribution in [-0.4, -0.2) is 22.4 Å². The summed E-state index contributed by atoms with van der Waals surface area (Å²) in [5.41, 5.74) is 2.62. The van der Waals surface area contributed by atoms with Crippen LogP contribution in [0.3, 0.4) is 0 Å². The summed E-state index contributed by atoms with van der Waals surface area (Å²) < 4.78 is 6.72. The van der Waals surface area contributed by atoms with Crippen molar-refractivity contribution < 1.29 is 9.84 Å². The highest BCUT2D eigenvalue weighted by Gasteiger charge is 2.23. The number of nitriles is 1. The molecule has 0 aliphatic carbocycles. The first-order chi connectivity index (χ1) is 12.9. The second-order valence-electron chi connectivity index (χ2n) is 6.82. The van der Waals surface area contributed by atoms with E-state index in [9.17, 15) is 15.2 Å². The van der Waals surface area contributed by atoms with E-state index < -0.39 is 5.56 Å². The number of aryl methyl sites for hydroxylation is 2. The molecule has 0 bridgehead atoms. The van der Waals surface area contributed by atoms with Crippen LogP contribution in [0, 0.1) is 32.1 Å². The van der Waals surface area contributed by atoms with E-state index in [0.717, 1.165) is 28.5 Å². The molecule has 7 nitrogen and oxygen atoms in total. The number of pyridine rings is 1. The summed E-state index contributed by atoms with van der Waals surface area (Å²) in [4.78, 5) is 12.9. The summed E-state index contributed by atoms with van der Waals surface area (Å²) in [6.45, 7) is 6.32. The van der Waals surface area contributed by atoms with Gasteiger partial charge in [0.05, 0.1) is 18.3 Å². The lowest BCUT2D eigenvalue weighted by atomic mass is 10.1. The molecule has 140 valence electrons. The molecule has 0 saturated carbocycles. The Bertz CT molecular complexity index is 996. The molecule has 1 N–H and O–H groups in total. The number of ether oxygens (including phenoxy) is 1. The average molecular weight is 366 g/mol. The van der Waals surface area contributed by atoms with Gasteiger partial charge in [-0.3, -0.25) is 9.36 Å². The van der Waals surface area contributed by atoms with E-state index in [1.165, 1.54) is 0 Å². The van der Waals surface area contributed by atoms with Crippen molar-refractivity contribution in [3.8, 4) is 11.9 Å². The monoisotopic (exact) mass is 366 g/mol. The van der Waals surface area contributed by atoms with Gasteiger partial charge in [0.2, 0.25) is 5.88 Å². The van der Waals surface area contributed by atoms with Crippen molar-refractivity contribution in [1.82, 2.24) is 4.57 Å². The van der Waals surface area contributed by atoms with Gasteiger partial charge in [-0.15, -0.1) is 5.11 Å². The van der Waals surface area contributed by atoms with Crippen molar-refractivity contribution >= 4 is 11.4 Å². The lowest BCUT2D eigenvalue weighted by Crippen LogP contribution is -2.27. The predicted molar refractivity (Wildman–Crippen MR) is 101 cm³/mol. The second-order valence-corrected chi connectivity index (χ2v) is 6.82. The summed E-state index contributed by atoms with van der Waals surface area (Å²) in [5.74, 6) is -0.346. The maximum absolute atomic E-state index is 12.9. The van der Waals surface area contributed by atoms with Crippen molar-refractivity contribution in [2.75, 3.05) is 6.61 Å². The Balaban J connectivity index is 2.07. The molecule has 1 aliphatic rings. The zero-order valence-corrected chi connectivity index (χ0v) is 15.7. The van der Waals surface area contributed by atoms with E-state index in [0.29, 0.717) is 17.9 Å². The number of aromatic nitrogens is 1. The van der Waals surface area contributed by atoms with Crippen LogP contribution in [0.25, 0.3) is 0 Å². The van der Waals surface area contributed by atoms with E-state index in [2.05, 4.69) is 10.2 Å². The largest absolute Gasteiger partial charge is 0.493 e. The quantitative estimate of drug-likeness (QED) is 0.828. The smallest absolute Gasteiger partial charge is 0.281 e. The highest BCUT2D eigenvalue weighted by molar-refractivity contribution is 5.57. The summed E-state index contributed by atoms with van der Waals surface area (Å²) in [6, 6.07) is 7.69. The minimum absolute atomic E-state index is 0.0298. The first-order valence-corrected chi connectivity index (χ1v) is 8.89. The minimum Gasteiger partial charge on any atom is -0.493 e. The van der Waals surface area contributed by atoms with Gasteiger partial charge in [0.25, 0.3) is 5.56 Å². The molecule has 1 atom stereocenters. The zero-order chi connectivity index (χ0) is 19.6. The lowest BCUT2D eigenvalue weighted by Gasteiger charge is -2.16. The number of aromatic hydroxyl groups is 1. The molecule has 1 aromatic heterocycles. The van der Waals surface area contributed by atoms with E-state index in [1.807, 2.05) is 38.1 Å². The minimum atomic E-state index is -0.479. The third-order valence-electron chi connectivity index (χ3n) is 4.79. The standard InChI is InChI=1S/C20H22N4O3/c1-12-6-7-17(13(2)9-12)22-23-18-14(3)16(10-21)19(25)24(20(18)26)11-15-5-4-8-27-15/h6-7,9,15,25H,4-5,8,11H2,1-3H3. The van der Waals surface area contributed by atoms with E-state index >= 15 is 0 Å². The number of hydrogen-bond donors (Lipinski definition) is 1. The Hall–Kier alpha value is -2.98. The fourth-order valence-electron chi connectivity index (χ4n) is 3.24. The van der Waals surface area contributed by atoms with Crippen LogP contribution in [0.4, 0.5) is 11.4 Å². The van der Waals surface area contributed by atoms with Gasteiger partial charge in [0.15, 0.2) is 5.69 Å². The molecule has 1 aromatic carbocycles. The van der Waals surface area contributed by atoms with Gasteiger partial charge < -0.3 is 9.84 Å². The molecule has 1 fully saturated rings. The number of benzene rings is 1. The Labute approximate surface area is 157 Å². The predicted octanol–water partition coefficient (Wildman–Crippen LogP) is 3.95. The molecule has 0 spiro atoms. The molecule has 3 rings (SSSR count). The van der Waals surface area contributed by atoms with Crippen molar-refractivity contribution in [3.05, 3.63) is 50.8 Å². The summed E-state index contributed by atoms with van der Waals surface area (Å²) in [7, 11) is 0.